The molecule has 0 spiro atoms. The Hall–Kier alpha value is -1.42. The lowest BCUT2D eigenvalue weighted by molar-refractivity contribution is 0.360. The minimum Gasteiger partial charge on any atom is -0.325 e. The van der Waals surface area contributed by atoms with Crippen molar-refractivity contribution in [1.29, 1.82) is 0 Å². The molecule has 1 fully saturated rings. The topological polar surface area (TPSA) is 42.7 Å². The molecule has 2 aromatic rings. The van der Waals surface area contributed by atoms with Crippen LogP contribution in [0.4, 0.5) is 0 Å². The summed E-state index contributed by atoms with van der Waals surface area (Å²) in [5.41, 5.74) is 2.24. The Labute approximate surface area is 114 Å². The van der Waals surface area contributed by atoms with Crippen LogP contribution in [-0.4, -0.2) is 27.1 Å². The lowest BCUT2D eigenvalue weighted by Crippen LogP contribution is -2.35. The average molecular weight is 258 g/mol. The first-order valence-corrected chi connectivity index (χ1v) is 7.22. The smallest absolute Gasteiger partial charge is 0.113 e. The van der Waals surface area contributed by atoms with E-state index in [9.17, 15) is 0 Å². The van der Waals surface area contributed by atoms with Crippen LogP contribution in [0.25, 0.3) is 11.0 Å². The van der Waals surface area contributed by atoms with E-state index in [1.165, 1.54) is 24.2 Å². The summed E-state index contributed by atoms with van der Waals surface area (Å²) in [6, 6.07) is 3.10. The van der Waals surface area contributed by atoms with Gasteiger partial charge in [-0.1, -0.05) is 0 Å². The van der Waals surface area contributed by atoms with E-state index in [2.05, 4.69) is 41.7 Å². The molecule has 3 rings (SSSR count). The summed E-state index contributed by atoms with van der Waals surface area (Å²) in [6.45, 7) is 7.81. The zero-order valence-corrected chi connectivity index (χ0v) is 11.9. The van der Waals surface area contributed by atoms with Crippen molar-refractivity contribution in [2.45, 2.75) is 51.6 Å². The Balaban J connectivity index is 2.09. The largest absolute Gasteiger partial charge is 0.325 e. The van der Waals surface area contributed by atoms with Crippen LogP contribution >= 0.6 is 0 Å². The first-order chi connectivity index (χ1) is 9.16. The fourth-order valence-corrected chi connectivity index (χ4v) is 3.17. The summed E-state index contributed by atoms with van der Waals surface area (Å²) in [7, 11) is 0. The Bertz CT molecular complexity index is 573. The van der Waals surface area contributed by atoms with Gasteiger partial charge in [0.15, 0.2) is 0 Å². The van der Waals surface area contributed by atoms with Gasteiger partial charge in [-0.3, -0.25) is 4.98 Å². The third-order valence-electron chi connectivity index (χ3n) is 4.02. The van der Waals surface area contributed by atoms with Gasteiger partial charge in [0.25, 0.3) is 0 Å². The quantitative estimate of drug-likeness (QED) is 0.900. The van der Waals surface area contributed by atoms with Crippen LogP contribution < -0.4 is 5.32 Å². The van der Waals surface area contributed by atoms with Gasteiger partial charge in [0.05, 0.1) is 11.7 Å². The average Bonchev–Trinajstić information content (AvgIpc) is 2.78. The van der Waals surface area contributed by atoms with E-state index in [1.807, 2.05) is 12.4 Å². The highest BCUT2D eigenvalue weighted by Gasteiger charge is 2.26. The van der Waals surface area contributed by atoms with E-state index in [0.717, 1.165) is 12.1 Å². The minimum atomic E-state index is 0.438. The number of nitrogens with zero attached hydrogens (tertiary/aromatic N) is 3. The molecule has 0 saturated carbocycles. The molecule has 0 bridgehead atoms. The third-order valence-corrected chi connectivity index (χ3v) is 4.02. The number of pyridine rings is 1. The van der Waals surface area contributed by atoms with E-state index < -0.39 is 0 Å². The number of piperidine rings is 1. The molecule has 1 aliphatic heterocycles. The Kier molecular flexibility index (Phi) is 3.27. The lowest BCUT2D eigenvalue weighted by Gasteiger charge is -2.28. The summed E-state index contributed by atoms with van der Waals surface area (Å²) >= 11 is 0. The van der Waals surface area contributed by atoms with E-state index in [0.29, 0.717) is 18.0 Å². The standard InChI is InChI=1S/C15H22N4/c1-10(2)19-14-5-6-16-9-13(14)18-15(19)12-4-7-17-11(3)8-12/h5-6,9-12,17H,4,7-8H2,1-3H3. The predicted octanol–water partition coefficient (Wildman–Crippen LogP) is 2.87. The number of hydrogen-bond donors (Lipinski definition) is 1. The zero-order valence-electron chi connectivity index (χ0n) is 11.9. The molecule has 1 aliphatic rings. The molecule has 1 N–H and O–H groups in total. The van der Waals surface area contributed by atoms with Crippen LogP contribution in [0.5, 0.6) is 0 Å². The van der Waals surface area contributed by atoms with Crippen LogP contribution in [0.15, 0.2) is 18.5 Å². The molecule has 0 aliphatic carbocycles. The third kappa shape index (κ3) is 2.25. The van der Waals surface area contributed by atoms with Crippen molar-refractivity contribution in [2.24, 2.45) is 0 Å². The zero-order chi connectivity index (χ0) is 13.4. The van der Waals surface area contributed by atoms with Crippen LogP contribution in [-0.2, 0) is 0 Å². The second kappa shape index (κ2) is 4.93. The fraction of sp³-hybridized carbons (Fsp3) is 0.600. The first kappa shape index (κ1) is 12.6. The number of nitrogens with one attached hydrogen (secondary N) is 1. The summed E-state index contributed by atoms with van der Waals surface area (Å²) in [6.07, 6.45) is 6.08. The van der Waals surface area contributed by atoms with Gasteiger partial charge < -0.3 is 9.88 Å². The molecule has 2 unspecified atom stereocenters. The second-order valence-corrected chi connectivity index (χ2v) is 5.87. The SMILES string of the molecule is CC1CC(c2nc3cnccc3n2C(C)C)CCN1. The van der Waals surface area contributed by atoms with Gasteiger partial charge in [0.1, 0.15) is 11.3 Å². The lowest BCUT2D eigenvalue weighted by atomic mass is 9.92. The molecule has 0 amide bonds. The van der Waals surface area contributed by atoms with Crippen molar-refractivity contribution in [3.8, 4) is 0 Å². The van der Waals surface area contributed by atoms with E-state index in [-0.39, 0.29) is 0 Å². The van der Waals surface area contributed by atoms with Gasteiger partial charge in [-0.25, -0.2) is 4.98 Å². The summed E-state index contributed by atoms with van der Waals surface area (Å²) in [5.74, 6) is 1.80. The maximum absolute atomic E-state index is 4.86. The van der Waals surface area contributed by atoms with Gasteiger partial charge in [-0.15, -0.1) is 0 Å². The van der Waals surface area contributed by atoms with Crippen molar-refractivity contribution < 1.29 is 0 Å². The van der Waals surface area contributed by atoms with Gasteiger partial charge in [0, 0.05) is 24.2 Å². The normalized spacial score (nSPS) is 24.2. The van der Waals surface area contributed by atoms with Crippen molar-refractivity contribution in [2.75, 3.05) is 6.54 Å². The summed E-state index contributed by atoms with van der Waals surface area (Å²) < 4.78 is 2.39. The van der Waals surface area contributed by atoms with Crippen LogP contribution in [0.1, 0.15) is 51.4 Å². The number of fused-ring (bicyclic) bond motifs is 1. The number of hydrogen-bond acceptors (Lipinski definition) is 3. The molecule has 102 valence electrons. The highest BCUT2D eigenvalue weighted by molar-refractivity contribution is 5.75. The van der Waals surface area contributed by atoms with Crippen molar-refractivity contribution >= 4 is 11.0 Å². The molecule has 0 radical (unpaired) electrons. The Morgan fingerprint density at radius 2 is 2.26 bits per heavy atom. The van der Waals surface area contributed by atoms with Crippen molar-refractivity contribution in [3.63, 3.8) is 0 Å². The van der Waals surface area contributed by atoms with E-state index in [4.69, 9.17) is 4.98 Å². The molecule has 1 saturated heterocycles. The van der Waals surface area contributed by atoms with Gasteiger partial charge in [-0.2, -0.15) is 0 Å². The first-order valence-electron chi connectivity index (χ1n) is 7.22. The number of imidazole rings is 1. The highest BCUT2D eigenvalue weighted by atomic mass is 15.1. The molecule has 3 heterocycles. The van der Waals surface area contributed by atoms with Crippen LogP contribution in [0.2, 0.25) is 0 Å². The van der Waals surface area contributed by atoms with Crippen LogP contribution in [0, 0.1) is 0 Å². The highest BCUT2D eigenvalue weighted by Crippen LogP contribution is 2.31. The Morgan fingerprint density at radius 1 is 1.42 bits per heavy atom. The van der Waals surface area contributed by atoms with Crippen molar-refractivity contribution in [3.05, 3.63) is 24.3 Å². The Morgan fingerprint density at radius 3 is 3.00 bits per heavy atom. The molecular formula is C15H22N4. The predicted molar refractivity (Wildman–Crippen MR) is 77.4 cm³/mol. The molecule has 4 nitrogen and oxygen atoms in total. The molecule has 4 heteroatoms. The fourth-order valence-electron chi connectivity index (χ4n) is 3.17. The van der Waals surface area contributed by atoms with Crippen molar-refractivity contribution in [1.82, 2.24) is 19.9 Å². The van der Waals surface area contributed by atoms with Gasteiger partial charge in [0.2, 0.25) is 0 Å². The maximum Gasteiger partial charge on any atom is 0.113 e. The number of rotatable bonds is 2. The number of aromatic nitrogens is 3. The molecule has 2 aromatic heterocycles. The van der Waals surface area contributed by atoms with E-state index >= 15 is 0 Å². The van der Waals surface area contributed by atoms with E-state index in [1.54, 1.807) is 0 Å². The molecular weight excluding hydrogens is 236 g/mol. The second-order valence-electron chi connectivity index (χ2n) is 5.87. The molecule has 2 atom stereocenters. The monoisotopic (exact) mass is 258 g/mol. The minimum absolute atomic E-state index is 0.438. The molecule has 19 heavy (non-hydrogen) atoms. The van der Waals surface area contributed by atoms with Crippen LogP contribution in [0.3, 0.4) is 0 Å². The maximum atomic E-state index is 4.86. The summed E-state index contributed by atoms with van der Waals surface area (Å²) in [4.78, 5) is 9.06. The summed E-state index contributed by atoms with van der Waals surface area (Å²) in [5, 5.41) is 3.51. The molecule has 0 aromatic carbocycles. The van der Waals surface area contributed by atoms with Gasteiger partial charge in [-0.05, 0) is 46.2 Å². The van der Waals surface area contributed by atoms with Gasteiger partial charge >= 0.3 is 0 Å².